The first-order valence-electron chi connectivity index (χ1n) is 11.8. The number of hydrogen-bond acceptors (Lipinski definition) is 3. The van der Waals surface area contributed by atoms with Gasteiger partial charge in [-0.3, -0.25) is 0 Å². The SMILES string of the molecule is CC(C)[Si](OC[C@H]1OCC[C@@H]1O[Si](C(C)C)(C(C)C)C(C)C)(C(C)C)C(C)C. The van der Waals surface area contributed by atoms with E-state index >= 15 is 0 Å². The molecule has 0 bridgehead atoms. The van der Waals surface area contributed by atoms with Crippen LogP contribution in [0.1, 0.15) is 89.5 Å². The fourth-order valence-corrected chi connectivity index (χ4v) is 17.4. The lowest BCUT2D eigenvalue weighted by Crippen LogP contribution is -2.53. The van der Waals surface area contributed by atoms with Crippen LogP contribution in [0.15, 0.2) is 0 Å². The highest BCUT2D eigenvalue weighted by molar-refractivity contribution is 6.78. The first kappa shape index (κ1) is 26.3. The monoisotopic (exact) mass is 430 g/mol. The summed E-state index contributed by atoms with van der Waals surface area (Å²) in [6.07, 6.45) is 1.29. The van der Waals surface area contributed by atoms with Crippen molar-refractivity contribution >= 4 is 16.6 Å². The highest BCUT2D eigenvalue weighted by atomic mass is 28.4. The molecule has 3 nitrogen and oxygen atoms in total. The maximum Gasteiger partial charge on any atom is 0.200 e. The molecule has 0 aromatic heterocycles. The summed E-state index contributed by atoms with van der Waals surface area (Å²) in [5, 5.41) is 0. The van der Waals surface area contributed by atoms with Gasteiger partial charge in [0.15, 0.2) is 8.32 Å². The van der Waals surface area contributed by atoms with Gasteiger partial charge in [-0.15, -0.1) is 0 Å². The molecule has 0 N–H and O–H groups in total. The summed E-state index contributed by atoms with van der Waals surface area (Å²) >= 11 is 0. The minimum Gasteiger partial charge on any atom is -0.413 e. The van der Waals surface area contributed by atoms with Crippen molar-refractivity contribution in [1.29, 1.82) is 0 Å². The van der Waals surface area contributed by atoms with Crippen molar-refractivity contribution in [2.45, 2.75) is 135 Å². The summed E-state index contributed by atoms with van der Waals surface area (Å²) < 4.78 is 20.1. The summed E-state index contributed by atoms with van der Waals surface area (Å²) in [5.74, 6) is 0. The highest BCUT2D eigenvalue weighted by Crippen LogP contribution is 2.45. The molecule has 0 unspecified atom stereocenters. The first-order chi connectivity index (χ1) is 12.8. The highest BCUT2D eigenvalue weighted by Gasteiger charge is 2.50. The molecule has 1 aliphatic rings. The van der Waals surface area contributed by atoms with Gasteiger partial charge in [0.2, 0.25) is 8.32 Å². The molecule has 0 radical (unpaired) electrons. The zero-order chi connectivity index (χ0) is 21.9. The van der Waals surface area contributed by atoms with Crippen LogP contribution in [-0.4, -0.2) is 42.1 Å². The van der Waals surface area contributed by atoms with Crippen molar-refractivity contribution in [2.75, 3.05) is 13.2 Å². The van der Waals surface area contributed by atoms with Crippen molar-refractivity contribution in [3.8, 4) is 0 Å². The third kappa shape index (κ3) is 5.13. The van der Waals surface area contributed by atoms with E-state index in [9.17, 15) is 0 Å². The minimum atomic E-state index is -1.90. The lowest BCUT2D eigenvalue weighted by Gasteiger charge is -2.46. The summed E-state index contributed by atoms with van der Waals surface area (Å²) in [6.45, 7) is 29.8. The zero-order valence-corrected chi connectivity index (χ0v) is 23.0. The van der Waals surface area contributed by atoms with Gasteiger partial charge in [0.05, 0.1) is 12.7 Å². The van der Waals surface area contributed by atoms with Gasteiger partial charge >= 0.3 is 0 Å². The van der Waals surface area contributed by atoms with E-state index in [-0.39, 0.29) is 12.2 Å². The van der Waals surface area contributed by atoms with Gasteiger partial charge in [-0.25, -0.2) is 0 Å². The first-order valence-corrected chi connectivity index (χ1v) is 16.0. The Labute approximate surface area is 178 Å². The minimum absolute atomic E-state index is 0.0891. The number of hydrogen-bond donors (Lipinski definition) is 0. The van der Waals surface area contributed by atoms with E-state index in [0.717, 1.165) is 13.0 Å². The Kier molecular flexibility index (Phi) is 9.94. The van der Waals surface area contributed by atoms with E-state index in [4.69, 9.17) is 13.6 Å². The van der Waals surface area contributed by atoms with E-state index < -0.39 is 16.6 Å². The van der Waals surface area contributed by atoms with E-state index in [1.807, 2.05) is 0 Å². The second-order valence-electron chi connectivity index (χ2n) is 10.8. The van der Waals surface area contributed by atoms with Gasteiger partial charge in [-0.05, 0) is 39.7 Å². The topological polar surface area (TPSA) is 27.7 Å². The molecule has 0 spiro atoms. The van der Waals surface area contributed by atoms with Gasteiger partial charge < -0.3 is 13.6 Å². The van der Waals surface area contributed by atoms with Crippen molar-refractivity contribution in [3.05, 3.63) is 0 Å². The molecule has 168 valence electrons. The Bertz CT molecular complexity index is 417. The van der Waals surface area contributed by atoms with Crippen molar-refractivity contribution < 1.29 is 13.6 Å². The summed E-state index contributed by atoms with van der Waals surface area (Å²) in [5.41, 5.74) is 3.61. The van der Waals surface area contributed by atoms with Gasteiger partial charge in [0.1, 0.15) is 6.10 Å². The molecule has 28 heavy (non-hydrogen) atoms. The molecule has 0 amide bonds. The van der Waals surface area contributed by atoms with Gasteiger partial charge in [0, 0.05) is 6.61 Å². The van der Waals surface area contributed by atoms with Crippen LogP contribution in [0, 0.1) is 0 Å². The van der Waals surface area contributed by atoms with Crippen LogP contribution in [0.2, 0.25) is 33.2 Å². The Hall–Kier alpha value is 0.314. The van der Waals surface area contributed by atoms with Crippen LogP contribution in [0.5, 0.6) is 0 Å². The second-order valence-corrected chi connectivity index (χ2v) is 21.7. The summed E-state index contributed by atoms with van der Waals surface area (Å²) in [6, 6.07) is 0. The molecule has 0 aliphatic carbocycles. The molecular weight excluding hydrogens is 380 g/mol. The van der Waals surface area contributed by atoms with Crippen LogP contribution in [-0.2, 0) is 13.6 Å². The molecular formula is C23H50O3Si2. The smallest absolute Gasteiger partial charge is 0.200 e. The summed E-state index contributed by atoms with van der Waals surface area (Å²) in [4.78, 5) is 0. The molecule has 0 saturated carbocycles. The molecule has 1 heterocycles. The van der Waals surface area contributed by atoms with Crippen LogP contribution in [0.3, 0.4) is 0 Å². The van der Waals surface area contributed by atoms with Crippen molar-refractivity contribution in [1.82, 2.24) is 0 Å². The quantitative estimate of drug-likeness (QED) is 0.317. The van der Waals surface area contributed by atoms with Crippen molar-refractivity contribution in [3.63, 3.8) is 0 Å². The molecule has 1 fully saturated rings. The van der Waals surface area contributed by atoms with E-state index in [2.05, 4.69) is 83.1 Å². The van der Waals surface area contributed by atoms with Crippen LogP contribution >= 0.6 is 0 Å². The fourth-order valence-electron chi connectivity index (χ4n) is 6.32. The fraction of sp³-hybridized carbons (Fsp3) is 1.00. The van der Waals surface area contributed by atoms with E-state index in [1.165, 1.54) is 0 Å². The zero-order valence-electron chi connectivity index (χ0n) is 21.0. The molecule has 1 aliphatic heterocycles. The maximum absolute atomic E-state index is 7.09. The standard InChI is InChI=1S/C23H50O3Si2/c1-16(2)27(17(3)4,18(5)6)25-15-23-22(13-14-24-23)26-28(19(7)8,20(9)10)21(11)12/h16-23H,13-15H2,1-12H3/t22-,23+/m0/s1. The van der Waals surface area contributed by atoms with Gasteiger partial charge in [-0.2, -0.15) is 0 Å². The predicted octanol–water partition coefficient (Wildman–Crippen LogP) is 7.53. The molecule has 1 rings (SSSR count). The Morgan fingerprint density at radius 2 is 1.07 bits per heavy atom. The predicted molar refractivity (Wildman–Crippen MR) is 127 cm³/mol. The number of rotatable bonds is 11. The molecule has 0 aromatic rings. The van der Waals surface area contributed by atoms with E-state index in [0.29, 0.717) is 39.9 Å². The average Bonchev–Trinajstić information content (AvgIpc) is 2.98. The Balaban J connectivity index is 3.01. The normalized spacial score (nSPS) is 22.1. The molecule has 0 aromatic carbocycles. The lowest BCUT2D eigenvalue weighted by atomic mass is 10.2. The van der Waals surface area contributed by atoms with Crippen LogP contribution in [0.25, 0.3) is 0 Å². The van der Waals surface area contributed by atoms with Gasteiger partial charge in [0.25, 0.3) is 0 Å². The second kappa shape index (κ2) is 10.6. The molecule has 1 saturated heterocycles. The Morgan fingerprint density at radius 1 is 0.679 bits per heavy atom. The summed E-state index contributed by atoms with van der Waals surface area (Å²) in [7, 11) is -3.77. The molecule has 2 atom stereocenters. The van der Waals surface area contributed by atoms with Crippen LogP contribution in [0.4, 0.5) is 0 Å². The third-order valence-electron chi connectivity index (χ3n) is 7.42. The molecule has 5 heteroatoms. The van der Waals surface area contributed by atoms with E-state index in [1.54, 1.807) is 0 Å². The number of ether oxygens (including phenoxy) is 1. The lowest BCUT2D eigenvalue weighted by molar-refractivity contribution is 0.00947. The average molecular weight is 431 g/mol. The van der Waals surface area contributed by atoms with Crippen LogP contribution < -0.4 is 0 Å². The maximum atomic E-state index is 7.09. The largest absolute Gasteiger partial charge is 0.413 e. The Morgan fingerprint density at radius 3 is 1.43 bits per heavy atom. The third-order valence-corrected chi connectivity index (χ3v) is 19.6. The van der Waals surface area contributed by atoms with Gasteiger partial charge in [-0.1, -0.05) is 83.1 Å². The van der Waals surface area contributed by atoms with Crippen molar-refractivity contribution in [2.24, 2.45) is 0 Å².